The third kappa shape index (κ3) is 1.84. The number of carbonyl (C=O) groups excluding carboxylic acids is 1. The summed E-state index contributed by atoms with van der Waals surface area (Å²) in [7, 11) is 1.56. The first-order chi connectivity index (χ1) is 5.81. The maximum atomic E-state index is 10.5. The quantitative estimate of drug-likeness (QED) is 0.524. The lowest BCUT2D eigenvalue weighted by molar-refractivity contribution is 0.112. The molecule has 0 amide bonds. The third-order valence-electron chi connectivity index (χ3n) is 1.39. The first-order valence-electron chi connectivity index (χ1n) is 3.38. The molecule has 0 aromatic carbocycles. The van der Waals surface area contributed by atoms with E-state index in [-0.39, 0.29) is 5.88 Å². The Morgan fingerprint density at radius 1 is 1.83 bits per heavy atom. The molecular weight excluding hydrogens is 180 g/mol. The summed E-state index contributed by atoms with van der Waals surface area (Å²) in [5, 5.41) is 4.02. The number of aldehydes is 1. The number of rotatable bonds is 4. The summed E-state index contributed by atoms with van der Waals surface area (Å²) in [6, 6.07) is 0. The Labute approximate surface area is 75.1 Å². The Hall–Kier alpha value is -0.870. The highest BCUT2D eigenvalue weighted by Gasteiger charge is 2.05. The van der Waals surface area contributed by atoms with Crippen LogP contribution in [0.2, 0.25) is 0 Å². The van der Waals surface area contributed by atoms with E-state index in [9.17, 15) is 4.79 Å². The normalized spacial score (nSPS) is 10.2. The van der Waals surface area contributed by atoms with Gasteiger partial charge >= 0.3 is 0 Å². The molecule has 5 heteroatoms. The van der Waals surface area contributed by atoms with Gasteiger partial charge in [0.1, 0.15) is 6.73 Å². The number of halogens is 1. The Kier molecular flexibility index (Phi) is 3.25. The van der Waals surface area contributed by atoms with Crippen molar-refractivity contribution < 1.29 is 9.53 Å². The predicted octanol–water partition coefficient (Wildman–Crippen LogP) is 1.04. The van der Waals surface area contributed by atoms with E-state index < -0.39 is 0 Å². The topological polar surface area (TPSA) is 44.1 Å². The van der Waals surface area contributed by atoms with Crippen molar-refractivity contribution in [1.29, 1.82) is 0 Å². The van der Waals surface area contributed by atoms with E-state index in [0.717, 1.165) is 6.29 Å². The van der Waals surface area contributed by atoms with Crippen molar-refractivity contribution in [2.24, 2.45) is 0 Å². The summed E-state index contributed by atoms with van der Waals surface area (Å²) in [4.78, 5) is 10.5. The number of nitrogens with zero attached hydrogens (tertiary/aromatic N) is 2. The summed E-state index contributed by atoms with van der Waals surface area (Å²) in [6.07, 6.45) is 2.34. The minimum atomic E-state index is 0.241. The molecule has 4 nitrogen and oxygen atoms in total. The van der Waals surface area contributed by atoms with Crippen LogP contribution >= 0.6 is 11.6 Å². The summed E-state index contributed by atoms with van der Waals surface area (Å²) in [5.41, 5.74) is 1.10. The Morgan fingerprint density at radius 3 is 3.00 bits per heavy atom. The lowest BCUT2D eigenvalue weighted by atomic mass is 10.3. The first-order valence-corrected chi connectivity index (χ1v) is 3.91. The molecule has 0 aliphatic heterocycles. The van der Waals surface area contributed by atoms with Crippen LogP contribution in [0.5, 0.6) is 0 Å². The number of carbonyl (C=O) groups is 1. The van der Waals surface area contributed by atoms with E-state index in [1.54, 1.807) is 13.3 Å². The number of ether oxygens (including phenoxy) is 1. The van der Waals surface area contributed by atoms with E-state index in [0.29, 0.717) is 18.0 Å². The van der Waals surface area contributed by atoms with Gasteiger partial charge in [-0.1, -0.05) is 0 Å². The van der Waals surface area contributed by atoms with Gasteiger partial charge in [-0.15, -0.1) is 11.6 Å². The van der Waals surface area contributed by atoms with Crippen molar-refractivity contribution in [3.05, 3.63) is 17.5 Å². The van der Waals surface area contributed by atoms with Crippen molar-refractivity contribution in [1.82, 2.24) is 9.78 Å². The van der Waals surface area contributed by atoms with Crippen molar-refractivity contribution >= 4 is 17.9 Å². The van der Waals surface area contributed by atoms with Crippen molar-refractivity contribution in [2.45, 2.75) is 12.6 Å². The number of aromatic nitrogens is 2. The monoisotopic (exact) mass is 188 g/mol. The fourth-order valence-electron chi connectivity index (χ4n) is 0.877. The zero-order valence-corrected chi connectivity index (χ0v) is 7.41. The van der Waals surface area contributed by atoms with E-state index in [4.69, 9.17) is 16.3 Å². The molecule has 0 aliphatic carbocycles. The van der Waals surface area contributed by atoms with Gasteiger partial charge in [0, 0.05) is 13.3 Å². The molecule has 0 aliphatic rings. The molecule has 12 heavy (non-hydrogen) atoms. The molecule has 1 aromatic heterocycles. The zero-order chi connectivity index (χ0) is 8.97. The van der Waals surface area contributed by atoms with Crippen LogP contribution in [0.15, 0.2) is 6.20 Å². The molecule has 0 atom stereocenters. The molecule has 1 heterocycles. The zero-order valence-electron chi connectivity index (χ0n) is 6.66. The van der Waals surface area contributed by atoms with Crippen molar-refractivity contribution in [3.63, 3.8) is 0 Å². The number of alkyl halides is 1. The lowest BCUT2D eigenvalue weighted by Crippen LogP contribution is -2.00. The van der Waals surface area contributed by atoms with E-state index in [1.807, 2.05) is 0 Å². The molecule has 0 fully saturated rings. The molecule has 66 valence electrons. The van der Waals surface area contributed by atoms with E-state index in [1.165, 1.54) is 4.68 Å². The molecule has 0 saturated heterocycles. The van der Waals surface area contributed by atoms with Gasteiger partial charge < -0.3 is 4.74 Å². The van der Waals surface area contributed by atoms with Crippen LogP contribution in [0.4, 0.5) is 0 Å². The summed E-state index contributed by atoms with van der Waals surface area (Å²) >= 11 is 5.55. The SMILES string of the molecule is COCn1cc(C=O)c(CCl)n1. The standard InChI is InChI=1S/C7H9ClN2O2/c1-12-5-10-3-6(4-11)7(2-8)9-10/h3-4H,2,5H2,1H3. The Balaban J connectivity index is 2.88. The maximum absolute atomic E-state index is 10.5. The highest BCUT2D eigenvalue weighted by atomic mass is 35.5. The van der Waals surface area contributed by atoms with Crippen LogP contribution < -0.4 is 0 Å². The fraction of sp³-hybridized carbons (Fsp3) is 0.429. The average molecular weight is 189 g/mol. The van der Waals surface area contributed by atoms with E-state index >= 15 is 0 Å². The van der Waals surface area contributed by atoms with Crippen LogP contribution in [0.25, 0.3) is 0 Å². The highest BCUT2D eigenvalue weighted by Crippen LogP contribution is 2.06. The molecule has 1 aromatic rings. The first kappa shape index (κ1) is 9.22. The van der Waals surface area contributed by atoms with Gasteiger partial charge in [-0.05, 0) is 0 Å². The molecule has 0 N–H and O–H groups in total. The van der Waals surface area contributed by atoms with Crippen LogP contribution in [0, 0.1) is 0 Å². The molecular formula is C7H9ClN2O2. The minimum absolute atomic E-state index is 0.241. The van der Waals surface area contributed by atoms with Crippen LogP contribution in [-0.2, 0) is 17.3 Å². The molecule has 0 spiro atoms. The van der Waals surface area contributed by atoms with Crippen LogP contribution in [-0.4, -0.2) is 23.2 Å². The summed E-state index contributed by atoms with van der Waals surface area (Å²) < 4.78 is 6.36. The van der Waals surface area contributed by atoms with Crippen LogP contribution in [0.1, 0.15) is 16.1 Å². The van der Waals surface area contributed by atoms with Gasteiger partial charge in [0.2, 0.25) is 0 Å². The fourth-order valence-corrected chi connectivity index (χ4v) is 1.09. The Morgan fingerprint density at radius 2 is 2.58 bits per heavy atom. The van der Waals surface area contributed by atoms with E-state index in [2.05, 4.69) is 5.10 Å². The number of hydrogen-bond acceptors (Lipinski definition) is 3. The minimum Gasteiger partial charge on any atom is -0.362 e. The van der Waals surface area contributed by atoms with Crippen molar-refractivity contribution in [2.75, 3.05) is 7.11 Å². The summed E-state index contributed by atoms with van der Waals surface area (Å²) in [5.74, 6) is 0.241. The molecule has 0 saturated carbocycles. The number of methoxy groups -OCH3 is 1. The van der Waals surface area contributed by atoms with Gasteiger partial charge in [0.25, 0.3) is 0 Å². The third-order valence-corrected chi connectivity index (χ3v) is 1.64. The second-order valence-corrected chi connectivity index (χ2v) is 2.51. The predicted molar refractivity (Wildman–Crippen MR) is 44.2 cm³/mol. The average Bonchev–Trinajstić information content (AvgIpc) is 2.48. The molecule has 0 radical (unpaired) electrons. The Bertz CT molecular complexity index is 272. The smallest absolute Gasteiger partial charge is 0.153 e. The number of hydrogen-bond donors (Lipinski definition) is 0. The second kappa shape index (κ2) is 4.23. The van der Waals surface area contributed by atoms with Crippen LogP contribution in [0.3, 0.4) is 0 Å². The molecule has 1 rings (SSSR count). The highest BCUT2D eigenvalue weighted by molar-refractivity contribution is 6.17. The maximum Gasteiger partial charge on any atom is 0.153 e. The largest absolute Gasteiger partial charge is 0.362 e. The van der Waals surface area contributed by atoms with Gasteiger partial charge in [-0.3, -0.25) is 4.79 Å². The van der Waals surface area contributed by atoms with Gasteiger partial charge in [-0.25, -0.2) is 4.68 Å². The van der Waals surface area contributed by atoms with Gasteiger partial charge in [0.05, 0.1) is 17.1 Å². The molecule has 0 bridgehead atoms. The van der Waals surface area contributed by atoms with Gasteiger partial charge in [0.15, 0.2) is 6.29 Å². The van der Waals surface area contributed by atoms with Gasteiger partial charge in [-0.2, -0.15) is 5.10 Å². The second-order valence-electron chi connectivity index (χ2n) is 2.24. The lowest BCUT2D eigenvalue weighted by Gasteiger charge is -1.95. The van der Waals surface area contributed by atoms with Crippen molar-refractivity contribution in [3.8, 4) is 0 Å². The summed E-state index contributed by atoms with van der Waals surface area (Å²) in [6.45, 7) is 0.331. The molecule has 0 unspecified atom stereocenters.